The monoisotopic (exact) mass is 448 g/mol. The average molecular weight is 449 g/mol. The molecule has 178 valence electrons. The van der Waals surface area contributed by atoms with Crippen molar-refractivity contribution < 1.29 is 9.84 Å². The van der Waals surface area contributed by atoms with Crippen molar-refractivity contribution in [1.82, 2.24) is 9.88 Å². The molecule has 0 radical (unpaired) electrons. The normalized spacial score (nSPS) is 23.3. The predicted octanol–water partition coefficient (Wildman–Crippen LogP) is 4.87. The molecule has 1 atom stereocenters. The van der Waals surface area contributed by atoms with Crippen molar-refractivity contribution in [2.45, 2.75) is 64.4 Å². The molecular formula is C29H40N2O2. The lowest BCUT2D eigenvalue weighted by Crippen LogP contribution is -2.58. The predicted molar refractivity (Wildman–Crippen MR) is 135 cm³/mol. The van der Waals surface area contributed by atoms with E-state index < -0.39 is 5.60 Å². The minimum absolute atomic E-state index is 0.305. The number of ether oxygens (including phenoxy) is 1. The Bertz CT molecular complexity index is 906. The maximum atomic E-state index is 11.1. The first-order chi connectivity index (χ1) is 16.1. The SMILES string of the molecule is CCCCOC.CCCc1ccc(C#CC2(O)CN3CCC2CC3)c(Cc2ccccc2)n1. The Morgan fingerprint density at radius 1 is 1.09 bits per heavy atom. The summed E-state index contributed by atoms with van der Waals surface area (Å²) in [4.78, 5) is 7.23. The van der Waals surface area contributed by atoms with E-state index in [1.807, 2.05) is 6.07 Å². The van der Waals surface area contributed by atoms with Crippen LogP contribution in [0.15, 0.2) is 42.5 Å². The zero-order valence-electron chi connectivity index (χ0n) is 20.6. The fourth-order valence-electron chi connectivity index (χ4n) is 4.62. The van der Waals surface area contributed by atoms with Crippen LogP contribution in [0.4, 0.5) is 0 Å². The summed E-state index contributed by atoms with van der Waals surface area (Å²) in [6.45, 7) is 8.12. The summed E-state index contributed by atoms with van der Waals surface area (Å²) in [5.74, 6) is 6.86. The Morgan fingerprint density at radius 2 is 1.85 bits per heavy atom. The van der Waals surface area contributed by atoms with Crippen molar-refractivity contribution in [3.05, 3.63) is 65.0 Å². The molecule has 2 aromatic rings. The summed E-state index contributed by atoms with van der Waals surface area (Å²) in [5, 5.41) is 11.1. The number of unbranched alkanes of at least 4 members (excludes halogenated alkanes) is 1. The smallest absolute Gasteiger partial charge is 0.141 e. The molecule has 5 rings (SSSR count). The number of nitrogens with zero attached hydrogens (tertiary/aromatic N) is 2. The number of hydrogen-bond acceptors (Lipinski definition) is 4. The molecule has 1 aromatic carbocycles. The molecule has 4 nitrogen and oxygen atoms in total. The summed E-state index contributed by atoms with van der Waals surface area (Å²) >= 11 is 0. The molecule has 4 heterocycles. The molecule has 1 N–H and O–H groups in total. The van der Waals surface area contributed by atoms with E-state index in [4.69, 9.17) is 9.72 Å². The number of fused-ring (bicyclic) bond motifs is 3. The second-order valence-electron chi connectivity index (χ2n) is 9.28. The van der Waals surface area contributed by atoms with Crippen LogP contribution in [0.1, 0.15) is 68.5 Å². The Hall–Kier alpha value is -2.19. The number of aliphatic hydroxyl groups is 1. The highest BCUT2D eigenvalue weighted by atomic mass is 16.5. The molecule has 0 aliphatic carbocycles. The summed E-state index contributed by atoms with van der Waals surface area (Å²) in [6, 6.07) is 14.6. The molecule has 1 aromatic heterocycles. The van der Waals surface area contributed by atoms with E-state index in [1.54, 1.807) is 7.11 Å². The average Bonchev–Trinajstić information content (AvgIpc) is 2.84. The summed E-state index contributed by atoms with van der Waals surface area (Å²) in [6.07, 6.45) is 7.36. The lowest BCUT2D eigenvalue weighted by atomic mass is 9.75. The summed E-state index contributed by atoms with van der Waals surface area (Å²) in [5.41, 5.74) is 3.45. The molecule has 1 unspecified atom stereocenters. The van der Waals surface area contributed by atoms with E-state index in [9.17, 15) is 5.11 Å². The third kappa shape index (κ3) is 7.40. The van der Waals surface area contributed by atoms with Gasteiger partial charge in [-0.3, -0.25) is 9.88 Å². The van der Waals surface area contributed by atoms with Crippen LogP contribution in [0.5, 0.6) is 0 Å². The van der Waals surface area contributed by atoms with Crippen molar-refractivity contribution in [2.24, 2.45) is 5.92 Å². The van der Waals surface area contributed by atoms with Gasteiger partial charge in [-0.25, -0.2) is 0 Å². The molecule has 3 fully saturated rings. The van der Waals surface area contributed by atoms with Crippen molar-refractivity contribution >= 4 is 0 Å². The van der Waals surface area contributed by atoms with Crippen LogP contribution in [0.3, 0.4) is 0 Å². The Kier molecular flexibility index (Phi) is 9.94. The second kappa shape index (κ2) is 12.9. The van der Waals surface area contributed by atoms with Gasteiger partial charge in [-0.05, 0) is 56.5 Å². The van der Waals surface area contributed by atoms with E-state index in [1.165, 1.54) is 18.4 Å². The largest absolute Gasteiger partial charge is 0.385 e. The maximum absolute atomic E-state index is 11.1. The van der Waals surface area contributed by atoms with Gasteiger partial charge in [-0.15, -0.1) is 0 Å². The molecule has 4 heteroatoms. The van der Waals surface area contributed by atoms with Gasteiger partial charge in [0.25, 0.3) is 0 Å². The van der Waals surface area contributed by atoms with Crippen LogP contribution in [0.2, 0.25) is 0 Å². The molecular weight excluding hydrogens is 408 g/mol. The van der Waals surface area contributed by atoms with Gasteiger partial charge < -0.3 is 9.84 Å². The van der Waals surface area contributed by atoms with E-state index in [-0.39, 0.29) is 0 Å². The van der Waals surface area contributed by atoms with Crippen LogP contribution < -0.4 is 0 Å². The van der Waals surface area contributed by atoms with Gasteiger partial charge in [0.2, 0.25) is 0 Å². The molecule has 0 spiro atoms. The quantitative estimate of drug-likeness (QED) is 0.485. The zero-order chi connectivity index (χ0) is 23.5. The van der Waals surface area contributed by atoms with E-state index in [0.29, 0.717) is 12.5 Å². The lowest BCUT2D eigenvalue weighted by molar-refractivity contribution is -0.0713. The number of hydrogen-bond donors (Lipinski definition) is 1. The van der Waals surface area contributed by atoms with Gasteiger partial charge in [0.05, 0.1) is 5.69 Å². The van der Waals surface area contributed by atoms with Gasteiger partial charge in [-0.1, -0.05) is 68.9 Å². The molecule has 3 saturated heterocycles. The summed E-state index contributed by atoms with van der Waals surface area (Å²) in [7, 11) is 1.73. The Labute approximate surface area is 200 Å². The van der Waals surface area contributed by atoms with E-state index in [0.717, 1.165) is 68.8 Å². The van der Waals surface area contributed by atoms with Crippen LogP contribution in [-0.4, -0.2) is 53.9 Å². The zero-order valence-corrected chi connectivity index (χ0v) is 20.6. The third-order valence-electron chi connectivity index (χ3n) is 6.60. The number of piperidine rings is 3. The number of pyridine rings is 1. The molecule has 0 amide bonds. The van der Waals surface area contributed by atoms with Gasteiger partial charge in [0, 0.05) is 43.9 Å². The highest BCUT2D eigenvalue weighted by Crippen LogP contribution is 2.35. The number of benzene rings is 1. The second-order valence-corrected chi connectivity index (χ2v) is 9.28. The van der Waals surface area contributed by atoms with Gasteiger partial charge in [0.1, 0.15) is 5.60 Å². The van der Waals surface area contributed by atoms with E-state index >= 15 is 0 Å². The van der Waals surface area contributed by atoms with E-state index in [2.05, 4.69) is 67.0 Å². The number of methoxy groups -OCH3 is 1. The fourth-order valence-corrected chi connectivity index (χ4v) is 4.62. The first-order valence-corrected chi connectivity index (χ1v) is 12.6. The van der Waals surface area contributed by atoms with Crippen LogP contribution in [0.25, 0.3) is 0 Å². The topological polar surface area (TPSA) is 45.6 Å². The minimum Gasteiger partial charge on any atom is -0.385 e. The lowest BCUT2D eigenvalue weighted by Gasteiger charge is -2.47. The first kappa shape index (κ1) is 25.4. The first-order valence-electron chi connectivity index (χ1n) is 12.6. The van der Waals surface area contributed by atoms with Crippen LogP contribution in [-0.2, 0) is 17.6 Å². The molecule has 3 aliphatic heterocycles. The number of rotatable bonds is 7. The number of aromatic nitrogens is 1. The molecule has 3 aliphatic rings. The molecule has 2 bridgehead atoms. The van der Waals surface area contributed by atoms with Crippen LogP contribution in [0, 0.1) is 17.8 Å². The van der Waals surface area contributed by atoms with Crippen molar-refractivity contribution in [1.29, 1.82) is 0 Å². The van der Waals surface area contributed by atoms with Crippen molar-refractivity contribution in [3.8, 4) is 11.8 Å². The summed E-state index contributed by atoms with van der Waals surface area (Å²) < 4.78 is 4.78. The van der Waals surface area contributed by atoms with Gasteiger partial charge >= 0.3 is 0 Å². The Morgan fingerprint density at radius 3 is 2.42 bits per heavy atom. The fraction of sp³-hybridized carbons (Fsp3) is 0.552. The third-order valence-corrected chi connectivity index (χ3v) is 6.60. The Balaban J connectivity index is 0.000000454. The van der Waals surface area contributed by atoms with Crippen LogP contribution >= 0.6 is 0 Å². The van der Waals surface area contributed by atoms with Gasteiger partial charge in [-0.2, -0.15) is 0 Å². The van der Waals surface area contributed by atoms with Gasteiger partial charge in [0.15, 0.2) is 0 Å². The molecule has 33 heavy (non-hydrogen) atoms. The van der Waals surface area contributed by atoms with Crippen molar-refractivity contribution in [2.75, 3.05) is 33.4 Å². The highest BCUT2D eigenvalue weighted by molar-refractivity contribution is 5.43. The maximum Gasteiger partial charge on any atom is 0.141 e. The number of aryl methyl sites for hydroxylation is 1. The highest BCUT2D eigenvalue weighted by Gasteiger charge is 2.44. The molecule has 0 saturated carbocycles. The standard InChI is InChI=1S/C24H28N2O.C5H12O/c1-2-6-22-10-9-20(23(25-22)17-19-7-4-3-5-8-19)11-14-24(27)18-26-15-12-21(24)13-16-26;1-3-4-5-6-2/h3-5,7-10,21,27H,2,6,12-13,15-18H2,1H3;3-5H2,1-2H3. The van der Waals surface area contributed by atoms with Crippen molar-refractivity contribution in [3.63, 3.8) is 0 Å². The minimum atomic E-state index is -0.872.